The third-order valence-corrected chi connectivity index (χ3v) is 2.64. The lowest BCUT2D eigenvalue weighted by Gasteiger charge is -2.34. The smallest absolute Gasteiger partial charge is 0.383 e. The zero-order valence-corrected chi connectivity index (χ0v) is 12.6. The van der Waals surface area contributed by atoms with E-state index in [9.17, 15) is 13.2 Å². The molecule has 0 aromatic heterocycles. The normalized spacial score (nSPS) is 15.0. The molecule has 0 aliphatic heterocycles. The van der Waals surface area contributed by atoms with Crippen LogP contribution in [0, 0.1) is 0 Å². The summed E-state index contributed by atoms with van der Waals surface area (Å²) in [5.74, 6) is 0. The molecule has 0 aromatic rings. The Morgan fingerprint density at radius 2 is 1.79 bits per heavy atom. The quantitative estimate of drug-likeness (QED) is 0.741. The highest BCUT2D eigenvalue weighted by Crippen LogP contribution is 2.18. The first-order valence-electron chi connectivity index (χ1n) is 6.64. The second-order valence-corrected chi connectivity index (χ2v) is 5.83. The summed E-state index contributed by atoms with van der Waals surface area (Å²) < 4.78 is 42.9. The van der Waals surface area contributed by atoms with Crippen LogP contribution >= 0.6 is 0 Å². The molecule has 1 atom stereocenters. The van der Waals surface area contributed by atoms with Crippen molar-refractivity contribution in [2.45, 2.75) is 51.9 Å². The van der Waals surface area contributed by atoms with E-state index in [1.807, 2.05) is 27.7 Å². The van der Waals surface area contributed by atoms with Crippen LogP contribution in [0.4, 0.5) is 13.2 Å². The number of nitrogens with one attached hydrogen (secondary N) is 1. The lowest BCUT2D eigenvalue weighted by atomic mass is 10.1. The Labute approximate surface area is 114 Å². The molecule has 0 aromatic carbocycles. The summed E-state index contributed by atoms with van der Waals surface area (Å²) in [7, 11) is 1.52. The molecule has 6 heteroatoms. The Kier molecular flexibility index (Phi) is 7.93. The van der Waals surface area contributed by atoms with Gasteiger partial charge in [0.05, 0.1) is 13.2 Å². The predicted molar refractivity (Wildman–Crippen MR) is 71.3 cm³/mol. The Bertz CT molecular complexity index is 239. The lowest BCUT2D eigenvalue weighted by molar-refractivity contribution is -0.153. The molecule has 0 bridgehead atoms. The molecular formula is C13H27F3N2O. The van der Waals surface area contributed by atoms with Crippen LogP contribution in [-0.4, -0.2) is 56.0 Å². The first-order chi connectivity index (χ1) is 8.59. The summed E-state index contributed by atoms with van der Waals surface area (Å²) in [5, 5.41) is 3.24. The SMILES string of the molecule is CCCN(CC(F)(F)F)C(CNC(C)(C)C)COC. The maximum atomic E-state index is 12.6. The number of methoxy groups -OCH3 is 1. The van der Waals surface area contributed by atoms with Gasteiger partial charge in [0, 0.05) is 25.2 Å². The van der Waals surface area contributed by atoms with E-state index in [0.717, 1.165) is 0 Å². The summed E-state index contributed by atoms with van der Waals surface area (Å²) in [6, 6.07) is -0.272. The maximum Gasteiger partial charge on any atom is 0.401 e. The third-order valence-electron chi connectivity index (χ3n) is 2.64. The van der Waals surface area contributed by atoms with Crippen molar-refractivity contribution in [3.05, 3.63) is 0 Å². The number of rotatable bonds is 8. The van der Waals surface area contributed by atoms with Crippen molar-refractivity contribution in [2.75, 3.05) is 33.4 Å². The standard InChI is InChI=1S/C13H27F3N2O/c1-6-7-18(10-13(14,15)16)11(9-19-5)8-17-12(2,3)4/h11,17H,6-10H2,1-5H3. The molecular weight excluding hydrogens is 257 g/mol. The van der Waals surface area contributed by atoms with Gasteiger partial charge in [0.2, 0.25) is 0 Å². The lowest BCUT2D eigenvalue weighted by Crippen LogP contribution is -2.52. The molecule has 116 valence electrons. The molecule has 0 aliphatic carbocycles. The van der Waals surface area contributed by atoms with Gasteiger partial charge < -0.3 is 10.1 Å². The van der Waals surface area contributed by atoms with Gasteiger partial charge in [0.1, 0.15) is 0 Å². The number of ether oxygens (including phenoxy) is 1. The van der Waals surface area contributed by atoms with Crippen LogP contribution in [0.1, 0.15) is 34.1 Å². The second kappa shape index (κ2) is 8.07. The van der Waals surface area contributed by atoms with Gasteiger partial charge in [-0.25, -0.2) is 0 Å². The minimum atomic E-state index is -4.18. The van der Waals surface area contributed by atoms with Crippen LogP contribution in [0.5, 0.6) is 0 Å². The molecule has 0 heterocycles. The van der Waals surface area contributed by atoms with Crippen molar-refractivity contribution < 1.29 is 17.9 Å². The summed E-state index contributed by atoms with van der Waals surface area (Å²) in [4.78, 5) is 1.45. The van der Waals surface area contributed by atoms with Crippen LogP contribution in [0.2, 0.25) is 0 Å². The minimum absolute atomic E-state index is 0.123. The van der Waals surface area contributed by atoms with Crippen LogP contribution < -0.4 is 5.32 Å². The fourth-order valence-electron chi connectivity index (χ4n) is 1.82. The summed E-state index contributed by atoms with van der Waals surface area (Å²) in [5.41, 5.74) is -0.123. The monoisotopic (exact) mass is 284 g/mol. The van der Waals surface area contributed by atoms with Gasteiger partial charge in [-0.05, 0) is 33.7 Å². The Morgan fingerprint density at radius 1 is 1.21 bits per heavy atom. The Balaban J connectivity index is 4.65. The molecule has 0 saturated heterocycles. The summed E-state index contributed by atoms with van der Waals surface area (Å²) >= 11 is 0. The molecule has 0 aliphatic rings. The van der Waals surface area contributed by atoms with Gasteiger partial charge in [-0.15, -0.1) is 0 Å². The van der Waals surface area contributed by atoms with Crippen LogP contribution in [0.15, 0.2) is 0 Å². The largest absolute Gasteiger partial charge is 0.401 e. The van der Waals surface area contributed by atoms with Crippen molar-refractivity contribution in [1.29, 1.82) is 0 Å². The molecule has 0 amide bonds. The molecule has 0 fully saturated rings. The zero-order valence-electron chi connectivity index (χ0n) is 12.6. The van der Waals surface area contributed by atoms with Crippen molar-refractivity contribution in [3.63, 3.8) is 0 Å². The van der Waals surface area contributed by atoms with E-state index < -0.39 is 12.7 Å². The number of hydrogen-bond acceptors (Lipinski definition) is 3. The number of halogens is 3. The maximum absolute atomic E-state index is 12.6. The first-order valence-corrected chi connectivity index (χ1v) is 6.64. The molecule has 1 unspecified atom stereocenters. The van der Waals surface area contributed by atoms with Crippen LogP contribution in [-0.2, 0) is 4.74 Å². The molecule has 1 N–H and O–H groups in total. The van der Waals surface area contributed by atoms with E-state index in [-0.39, 0.29) is 11.6 Å². The van der Waals surface area contributed by atoms with E-state index in [1.165, 1.54) is 12.0 Å². The fourth-order valence-corrected chi connectivity index (χ4v) is 1.82. The van der Waals surface area contributed by atoms with E-state index in [2.05, 4.69) is 5.32 Å². The number of nitrogens with zero attached hydrogens (tertiary/aromatic N) is 1. The predicted octanol–water partition coefficient (Wildman–Crippen LogP) is 2.66. The average Bonchev–Trinajstić information content (AvgIpc) is 2.20. The van der Waals surface area contributed by atoms with Crippen molar-refractivity contribution in [3.8, 4) is 0 Å². The van der Waals surface area contributed by atoms with Gasteiger partial charge in [-0.1, -0.05) is 6.92 Å². The molecule has 0 spiro atoms. The van der Waals surface area contributed by atoms with Crippen LogP contribution in [0.25, 0.3) is 0 Å². The highest BCUT2D eigenvalue weighted by Gasteiger charge is 2.33. The highest BCUT2D eigenvalue weighted by molar-refractivity contribution is 4.80. The topological polar surface area (TPSA) is 24.5 Å². The molecule has 3 nitrogen and oxygen atoms in total. The van der Waals surface area contributed by atoms with Gasteiger partial charge in [-0.3, -0.25) is 4.90 Å². The van der Waals surface area contributed by atoms with E-state index in [4.69, 9.17) is 4.74 Å². The highest BCUT2D eigenvalue weighted by atomic mass is 19.4. The van der Waals surface area contributed by atoms with Crippen molar-refractivity contribution >= 4 is 0 Å². The van der Waals surface area contributed by atoms with Gasteiger partial charge >= 0.3 is 6.18 Å². The number of alkyl halides is 3. The first kappa shape index (κ1) is 18.7. The van der Waals surface area contributed by atoms with Crippen molar-refractivity contribution in [1.82, 2.24) is 10.2 Å². The van der Waals surface area contributed by atoms with Crippen molar-refractivity contribution in [2.24, 2.45) is 0 Å². The third kappa shape index (κ3) is 10.2. The minimum Gasteiger partial charge on any atom is -0.383 e. The fraction of sp³-hybridized carbons (Fsp3) is 1.00. The molecule has 0 rings (SSSR count). The van der Waals surface area contributed by atoms with Crippen LogP contribution in [0.3, 0.4) is 0 Å². The molecule has 0 radical (unpaired) electrons. The summed E-state index contributed by atoms with van der Waals surface area (Å²) in [6.45, 7) is 8.15. The Morgan fingerprint density at radius 3 is 2.16 bits per heavy atom. The Hall–Kier alpha value is -0.330. The van der Waals surface area contributed by atoms with E-state index >= 15 is 0 Å². The number of hydrogen-bond donors (Lipinski definition) is 1. The van der Waals surface area contributed by atoms with Gasteiger partial charge in [0.25, 0.3) is 0 Å². The zero-order chi connectivity index (χ0) is 15.1. The van der Waals surface area contributed by atoms with Gasteiger partial charge in [-0.2, -0.15) is 13.2 Å². The summed E-state index contributed by atoms with van der Waals surface area (Å²) in [6.07, 6.45) is -3.49. The molecule has 19 heavy (non-hydrogen) atoms. The van der Waals surface area contributed by atoms with E-state index in [1.54, 1.807) is 0 Å². The van der Waals surface area contributed by atoms with Gasteiger partial charge in [0.15, 0.2) is 0 Å². The average molecular weight is 284 g/mol. The van der Waals surface area contributed by atoms with E-state index in [0.29, 0.717) is 26.1 Å². The second-order valence-electron chi connectivity index (χ2n) is 5.83. The molecule has 0 saturated carbocycles.